The number of allylic oxidation sites excluding steroid dienone is 1. The van der Waals surface area contributed by atoms with E-state index in [-0.39, 0.29) is 17.2 Å². The molecule has 3 aromatic heterocycles. The molecule has 1 N–H and O–H groups in total. The van der Waals surface area contributed by atoms with Crippen LogP contribution in [0.5, 0.6) is 0 Å². The number of para-hydroxylation sites is 1. The van der Waals surface area contributed by atoms with Gasteiger partial charge >= 0.3 is 0 Å². The van der Waals surface area contributed by atoms with Crippen LogP contribution < -0.4 is 10.9 Å². The van der Waals surface area contributed by atoms with Gasteiger partial charge in [-0.2, -0.15) is 0 Å². The van der Waals surface area contributed by atoms with Gasteiger partial charge in [-0.15, -0.1) is 17.9 Å². The zero-order valence-corrected chi connectivity index (χ0v) is 19.7. The number of thiophene rings is 1. The molecule has 0 atom stereocenters. The van der Waals surface area contributed by atoms with Crippen LogP contribution in [0.4, 0.5) is 5.69 Å². The number of nitrogens with zero attached hydrogens (tertiary/aromatic N) is 2. The summed E-state index contributed by atoms with van der Waals surface area (Å²) in [5, 5.41) is 5.87. The minimum atomic E-state index is -0.169. The van der Waals surface area contributed by atoms with E-state index >= 15 is 0 Å². The molecule has 4 aromatic rings. The van der Waals surface area contributed by atoms with Gasteiger partial charge in [0.1, 0.15) is 16.4 Å². The Labute approximate surface area is 194 Å². The van der Waals surface area contributed by atoms with Gasteiger partial charge < -0.3 is 9.73 Å². The molecule has 8 heteroatoms. The van der Waals surface area contributed by atoms with Gasteiger partial charge in [-0.05, 0) is 44.0 Å². The Hall–Kier alpha value is -3.10. The summed E-state index contributed by atoms with van der Waals surface area (Å²) in [7, 11) is 0. The molecule has 0 radical (unpaired) electrons. The smallest absolute Gasteiger partial charge is 0.263 e. The molecule has 0 fully saturated rings. The van der Waals surface area contributed by atoms with E-state index in [1.165, 1.54) is 23.1 Å². The van der Waals surface area contributed by atoms with Crippen molar-refractivity contribution in [2.75, 3.05) is 11.1 Å². The van der Waals surface area contributed by atoms with Gasteiger partial charge in [0.15, 0.2) is 5.16 Å². The molecule has 0 spiro atoms. The van der Waals surface area contributed by atoms with E-state index in [4.69, 9.17) is 9.40 Å². The number of aryl methyl sites for hydroxylation is 3. The molecule has 164 valence electrons. The van der Waals surface area contributed by atoms with Crippen LogP contribution in [0.2, 0.25) is 0 Å². The van der Waals surface area contributed by atoms with Crippen molar-refractivity contribution in [3.8, 4) is 11.3 Å². The number of carbonyl (C=O) groups excluding carboxylic acids is 1. The average Bonchev–Trinajstić information content (AvgIpc) is 3.38. The van der Waals surface area contributed by atoms with Crippen LogP contribution >= 0.6 is 23.1 Å². The predicted octanol–water partition coefficient (Wildman–Crippen LogP) is 5.56. The Bertz CT molecular complexity index is 1360. The van der Waals surface area contributed by atoms with Crippen molar-refractivity contribution in [1.29, 1.82) is 0 Å². The number of amides is 1. The number of hydrogen-bond donors (Lipinski definition) is 1. The van der Waals surface area contributed by atoms with E-state index < -0.39 is 0 Å². The van der Waals surface area contributed by atoms with Crippen LogP contribution in [-0.2, 0) is 11.3 Å². The largest absolute Gasteiger partial charge is 0.461 e. The topological polar surface area (TPSA) is 77.1 Å². The van der Waals surface area contributed by atoms with Crippen LogP contribution in [-0.4, -0.2) is 21.2 Å². The van der Waals surface area contributed by atoms with E-state index in [1.807, 2.05) is 56.5 Å². The molecule has 3 heterocycles. The number of thioether (sulfide) groups is 1. The van der Waals surface area contributed by atoms with Crippen molar-refractivity contribution in [1.82, 2.24) is 9.55 Å². The van der Waals surface area contributed by atoms with Gasteiger partial charge in [0.25, 0.3) is 5.56 Å². The maximum atomic E-state index is 13.4. The second-order valence-corrected chi connectivity index (χ2v) is 9.24. The number of nitrogens with one attached hydrogen (secondary N) is 1. The molecule has 0 aliphatic carbocycles. The first-order chi connectivity index (χ1) is 15.4. The first kappa shape index (κ1) is 22.1. The Morgan fingerprint density at radius 1 is 1.25 bits per heavy atom. The van der Waals surface area contributed by atoms with Crippen molar-refractivity contribution in [2.24, 2.45) is 0 Å². The predicted molar refractivity (Wildman–Crippen MR) is 132 cm³/mol. The SMILES string of the molecule is C=CCn1c(SCC(=O)Nc2c(C)cccc2C)nc2scc(-c3ccc(C)o3)c2c1=O. The van der Waals surface area contributed by atoms with Crippen molar-refractivity contribution >= 4 is 44.9 Å². The van der Waals surface area contributed by atoms with E-state index in [1.54, 1.807) is 10.6 Å². The Kier molecular flexibility index (Phi) is 6.34. The Morgan fingerprint density at radius 3 is 2.66 bits per heavy atom. The monoisotopic (exact) mass is 465 g/mol. The standard InChI is InChI=1S/C24H23N3O3S2/c1-5-11-27-23(29)20-17(18-10-9-16(4)30-18)12-31-22(20)26-24(27)32-13-19(28)25-21-14(2)7-6-8-15(21)3/h5-10,12H,1,11,13H2,2-4H3,(H,25,28). The lowest BCUT2D eigenvalue weighted by Gasteiger charge is -2.13. The molecule has 32 heavy (non-hydrogen) atoms. The third kappa shape index (κ3) is 4.28. The first-order valence-corrected chi connectivity index (χ1v) is 11.9. The molecule has 4 rings (SSSR count). The number of rotatable bonds is 7. The van der Waals surface area contributed by atoms with E-state index in [9.17, 15) is 9.59 Å². The highest BCUT2D eigenvalue weighted by atomic mass is 32.2. The van der Waals surface area contributed by atoms with Crippen molar-refractivity contribution in [3.05, 3.63) is 75.6 Å². The third-order valence-electron chi connectivity index (χ3n) is 5.05. The molecule has 1 amide bonds. The lowest BCUT2D eigenvalue weighted by atomic mass is 10.1. The summed E-state index contributed by atoms with van der Waals surface area (Å²) in [4.78, 5) is 31.3. The minimum absolute atomic E-state index is 0.137. The fourth-order valence-electron chi connectivity index (χ4n) is 3.48. The van der Waals surface area contributed by atoms with Gasteiger partial charge in [-0.3, -0.25) is 14.2 Å². The maximum Gasteiger partial charge on any atom is 0.263 e. The summed E-state index contributed by atoms with van der Waals surface area (Å²) < 4.78 is 7.28. The molecular formula is C24H23N3O3S2. The highest BCUT2D eigenvalue weighted by Gasteiger charge is 2.19. The summed E-state index contributed by atoms with van der Waals surface area (Å²) in [6, 6.07) is 9.60. The van der Waals surface area contributed by atoms with Crippen LogP contribution in [0.1, 0.15) is 16.9 Å². The third-order valence-corrected chi connectivity index (χ3v) is 6.90. The number of anilines is 1. The summed E-state index contributed by atoms with van der Waals surface area (Å²) in [5.74, 6) is 1.41. The molecular weight excluding hydrogens is 442 g/mol. The fraction of sp³-hybridized carbons (Fsp3) is 0.208. The Balaban J connectivity index is 1.64. The lowest BCUT2D eigenvalue weighted by molar-refractivity contribution is -0.113. The number of aromatic nitrogens is 2. The highest BCUT2D eigenvalue weighted by molar-refractivity contribution is 7.99. The van der Waals surface area contributed by atoms with Gasteiger partial charge in [0.2, 0.25) is 5.91 Å². The number of hydrogen-bond acceptors (Lipinski definition) is 6. The van der Waals surface area contributed by atoms with Crippen LogP contribution in [0.3, 0.4) is 0 Å². The van der Waals surface area contributed by atoms with Gasteiger partial charge in [-0.1, -0.05) is 36.0 Å². The zero-order valence-electron chi connectivity index (χ0n) is 18.1. The maximum absolute atomic E-state index is 13.4. The zero-order chi connectivity index (χ0) is 22.8. The van der Waals surface area contributed by atoms with Crippen molar-refractivity contribution in [2.45, 2.75) is 32.5 Å². The summed E-state index contributed by atoms with van der Waals surface area (Å²) >= 11 is 2.63. The number of fused-ring (bicyclic) bond motifs is 1. The van der Waals surface area contributed by atoms with E-state index in [0.717, 1.165) is 28.1 Å². The molecule has 0 aliphatic rings. The Morgan fingerprint density at radius 2 is 2.00 bits per heavy atom. The average molecular weight is 466 g/mol. The summed E-state index contributed by atoms with van der Waals surface area (Å²) in [6.45, 7) is 9.86. The van der Waals surface area contributed by atoms with Crippen molar-refractivity contribution in [3.63, 3.8) is 0 Å². The summed E-state index contributed by atoms with van der Waals surface area (Å²) in [5.41, 5.74) is 3.40. The van der Waals surface area contributed by atoms with Crippen LogP contribution in [0.15, 0.2) is 62.7 Å². The lowest BCUT2D eigenvalue weighted by Crippen LogP contribution is -2.23. The molecule has 6 nitrogen and oxygen atoms in total. The normalized spacial score (nSPS) is 11.1. The molecule has 0 unspecified atom stereocenters. The van der Waals surface area contributed by atoms with Crippen LogP contribution in [0.25, 0.3) is 21.5 Å². The van der Waals surface area contributed by atoms with E-state index in [2.05, 4.69) is 11.9 Å². The van der Waals surface area contributed by atoms with Gasteiger partial charge in [0, 0.05) is 23.2 Å². The van der Waals surface area contributed by atoms with Gasteiger partial charge in [0.05, 0.1) is 11.1 Å². The first-order valence-electron chi connectivity index (χ1n) is 10.1. The quantitative estimate of drug-likeness (QED) is 0.220. The molecule has 1 aromatic carbocycles. The highest BCUT2D eigenvalue weighted by Crippen LogP contribution is 2.33. The van der Waals surface area contributed by atoms with Gasteiger partial charge in [-0.25, -0.2) is 4.98 Å². The number of carbonyl (C=O) groups is 1. The fourth-order valence-corrected chi connectivity index (χ4v) is 5.26. The molecule has 0 saturated carbocycles. The summed E-state index contributed by atoms with van der Waals surface area (Å²) in [6.07, 6.45) is 1.65. The minimum Gasteiger partial charge on any atom is -0.461 e. The second kappa shape index (κ2) is 9.18. The van der Waals surface area contributed by atoms with E-state index in [0.29, 0.717) is 27.7 Å². The number of furan rings is 1. The second-order valence-electron chi connectivity index (χ2n) is 7.44. The number of benzene rings is 1. The van der Waals surface area contributed by atoms with Crippen LogP contribution in [0, 0.1) is 20.8 Å². The molecule has 0 bridgehead atoms. The van der Waals surface area contributed by atoms with Crippen molar-refractivity contribution < 1.29 is 9.21 Å². The molecule has 0 saturated heterocycles. The molecule has 0 aliphatic heterocycles.